The number of piperidine rings is 3. The zero-order chi connectivity index (χ0) is 29.4. The SMILES string of the molecule is CC(C)CN(C1CCN(C(=O)C(Cc2ccc(Cl)cc2)NC(=O)CC2CCCCN2)CC1)C1CCN(C(C)C)CC1. The van der Waals surface area contributed by atoms with Gasteiger partial charge in [-0.1, -0.05) is 44.0 Å². The molecule has 3 aliphatic heterocycles. The molecule has 0 radical (unpaired) electrons. The summed E-state index contributed by atoms with van der Waals surface area (Å²) in [6, 6.07) is 9.02. The third kappa shape index (κ3) is 9.67. The summed E-state index contributed by atoms with van der Waals surface area (Å²) in [6.45, 7) is 15.2. The molecule has 2 amide bonds. The molecule has 3 saturated heterocycles. The fraction of sp³-hybridized carbons (Fsp3) is 0.758. The van der Waals surface area contributed by atoms with Crippen LogP contribution in [0.3, 0.4) is 0 Å². The van der Waals surface area contributed by atoms with Crippen molar-refractivity contribution in [3.8, 4) is 0 Å². The van der Waals surface area contributed by atoms with Crippen molar-refractivity contribution in [3.05, 3.63) is 34.9 Å². The first-order valence-electron chi connectivity index (χ1n) is 16.3. The average Bonchev–Trinajstić information content (AvgIpc) is 2.97. The number of amides is 2. The molecule has 4 rings (SSSR count). The van der Waals surface area contributed by atoms with Crippen molar-refractivity contribution >= 4 is 23.4 Å². The van der Waals surface area contributed by atoms with Gasteiger partial charge in [-0.15, -0.1) is 0 Å². The van der Waals surface area contributed by atoms with Crippen LogP contribution in [0.1, 0.15) is 84.6 Å². The first-order chi connectivity index (χ1) is 19.7. The van der Waals surface area contributed by atoms with Gasteiger partial charge < -0.3 is 20.4 Å². The summed E-state index contributed by atoms with van der Waals surface area (Å²) in [5.41, 5.74) is 1.01. The standard InChI is InChI=1S/C33H54ClN5O2/c1-24(2)23-39(29-12-17-37(18-13-29)25(3)4)30-14-19-38(20-15-30)33(41)31(21-26-8-10-27(34)11-9-26)36-32(40)22-28-7-5-6-16-35-28/h8-11,24-25,28-31,35H,5-7,12-23H2,1-4H3,(H,36,40). The lowest BCUT2D eigenvalue weighted by Gasteiger charge is -2.46. The quantitative estimate of drug-likeness (QED) is 0.392. The molecule has 2 atom stereocenters. The maximum Gasteiger partial charge on any atom is 0.245 e. The van der Waals surface area contributed by atoms with Gasteiger partial charge in [-0.25, -0.2) is 0 Å². The number of carbonyl (C=O) groups is 2. The summed E-state index contributed by atoms with van der Waals surface area (Å²) >= 11 is 6.11. The highest BCUT2D eigenvalue weighted by atomic mass is 35.5. The molecule has 0 bridgehead atoms. The smallest absolute Gasteiger partial charge is 0.245 e. The van der Waals surface area contributed by atoms with E-state index in [9.17, 15) is 9.59 Å². The molecule has 0 spiro atoms. The predicted molar refractivity (Wildman–Crippen MR) is 168 cm³/mol. The number of nitrogens with one attached hydrogen (secondary N) is 2. The second kappa shape index (κ2) is 15.7. The number of nitrogens with zero attached hydrogens (tertiary/aromatic N) is 3. The molecule has 0 aliphatic carbocycles. The van der Waals surface area contributed by atoms with E-state index < -0.39 is 6.04 Å². The second-order valence-corrected chi connectivity index (χ2v) is 13.7. The number of carbonyl (C=O) groups excluding carboxylic acids is 2. The van der Waals surface area contributed by atoms with E-state index in [1.807, 2.05) is 29.2 Å². The Labute approximate surface area is 253 Å². The predicted octanol–water partition coefficient (Wildman–Crippen LogP) is 4.72. The van der Waals surface area contributed by atoms with Crippen LogP contribution in [0, 0.1) is 5.92 Å². The fourth-order valence-corrected chi connectivity index (χ4v) is 7.15. The Bertz CT molecular complexity index is 949. The number of benzene rings is 1. The highest BCUT2D eigenvalue weighted by Crippen LogP contribution is 2.27. The first-order valence-corrected chi connectivity index (χ1v) is 16.6. The Morgan fingerprint density at radius 1 is 0.951 bits per heavy atom. The van der Waals surface area contributed by atoms with Crippen molar-refractivity contribution in [2.45, 2.75) is 116 Å². The molecule has 1 aromatic rings. The average molecular weight is 588 g/mol. The van der Waals surface area contributed by atoms with Gasteiger partial charge in [0.05, 0.1) is 0 Å². The molecular formula is C33H54ClN5O2. The molecular weight excluding hydrogens is 534 g/mol. The summed E-state index contributed by atoms with van der Waals surface area (Å²) in [5.74, 6) is 0.627. The van der Waals surface area contributed by atoms with Crippen LogP contribution in [0.2, 0.25) is 5.02 Å². The topological polar surface area (TPSA) is 67.9 Å². The summed E-state index contributed by atoms with van der Waals surface area (Å²) in [4.78, 5) is 34.4. The van der Waals surface area contributed by atoms with Crippen LogP contribution in [0.15, 0.2) is 24.3 Å². The van der Waals surface area contributed by atoms with Gasteiger partial charge in [0.25, 0.3) is 0 Å². The number of hydrogen-bond donors (Lipinski definition) is 2. The Kier molecular flexibility index (Phi) is 12.3. The van der Waals surface area contributed by atoms with Crippen LogP contribution in [0.5, 0.6) is 0 Å². The highest BCUT2D eigenvalue weighted by Gasteiger charge is 2.35. The maximum absolute atomic E-state index is 13.9. The van der Waals surface area contributed by atoms with Gasteiger partial charge in [0.2, 0.25) is 11.8 Å². The largest absolute Gasteiger partial charge is 0.344 e. The molecule has 230 valence electrons. The minimum Gasteiger partial charge on any atom is -0.344 e. The van der Waals surface area contributed by atoms with Crippen LogP contribution >= 0.6 is 11.6 Å². The molecule has 7 nitrogen and oxygen atoms in total. The third-order valence-corrected chi connectivity index (χ3v) is 9.60. The molecule has 41 heavy (non-hydrogen) atoms. The highest BCUT2D eigenvalue weighted by molar-refractivity contribution is 6.30. The van der Waals surface area contributed by atoms with Gasteiger partial charge in [0.1, 0.15) is 6.04 Å². The van der Waals surface area contributed by atoms with Crippen LogP contribution < -0.4 is 10.6 Å². The summed E-state index contributed by atoms with van der Waals surface area (Å²) in [5, 5.41) is 7.26. The number of likely N-dealkylation sites (tertiary alicyclic amines) is 2. The van der Waals surface area contributed by atoms with Gasteiger partial charge in [0, 0.05) is 61.7 Å². The van der Waals surface area contributed by atoms with Crippen molar-refractivity contribution in [2.75, 3.05) is 39.3 Å². The van der Waals surface area contributed by atoms with Gasteiger partial charge >= 0.3 is 0 Å². The molecule has 1 aromatic carbocycles. The molecule has 8 heteroatoms. The minimum atomic E-state index is -0.559. The van der Waals surface area contributed by atoms with Crippen molar-refractivity contribution in [2.24, 2.45) is 5.92 Å². The summed E-state index contributed by atoms with van der Waals surface area (Å²) < 4.78 is 0. The second-order valence-electron chi connectivity index (χ2n) is 13.3. The van der Waals surface area contributed by atoms with Gasteiger partial charge in [0.15, 0.2) is 0 Å². The van der Waals surface area contributed by atoms with E-state index in [1.54, 1.807) is 0 Å². The van der Waals surface area contributed by atoms with E-state index in [-0.39, 0.29) is 17.9 Å². The molecule has 3 heterocycles. The monoisotopic (exact) mass is 587 g/mol. The normalized spacial score (nSPS) is 22.4. The van der Waals surface area contributed by atoms with E-state index in [1.165, 1.54) is 25.9 Å². The van der Waals surface area contributed by atoms with Gasteiger partial charge in [-0.2, -0.15) is 0 Å². The summed E-state index contributed by atoms with van der Waals surface area (Å²) in [6.07, 6.45) is 8.69. The molecule has 0 saturated carbocycles. The Morgan fingerprint density at radius 2 is 1.59 bits per heavy atom. The molecule has 2 unspecified atom stereocenters. The van der Waals surface area contributed by atoms with Gasteiger partial charge in [-0.3, -0.25) is 14.5 Å². The lowest BCUT2D eigenvalue weighted by molar-refractivity contribution is -0.138. The van der Waals surface area contributed by atoms with Crippen LogP contribution in [-0.2, 0) is 16.0 Å². The molecule has 3 fully saturated rings. The maximum atomic E-state index is 13.9. The van der Waals surface area contributed by atoms with Crippen molar-refractivity contribution in [1.29, 1.82) is 0 Å². The zero-order valence-corrected chi connectivity index (χ0v) is 26.7. The van der Waals surface area contributed by atoms with Crippen molar-refractivity contribution in [3.63, 3.8) is 0 Å². The van der Waals surface area contributed by atoms with E-state index in [0.717, 1.165) is 63.8 Å². The molecule has 0 aromatic heterocycles. The van der Waals surface area contributed by atoms with Crippen LogP contribution in [-0.4, -0.2) is 96.0 Å². The minimum absolute atomic E-state index is 0.0394. The Morgan fingerprint density at radius 3 is 2.15 bits per heavy atom. The Hall–Kier alpha value is -1.67. The van der Waals surface area contributed by atoms with E-state index in [2.05, 4.69) is 48.1 Å². The van der Waals surface area contributed by atoms with Crippen molar-refractivity contribution in [1.82, 2.24) is 25.3 Å². The number of halogens is 1. The van der Waals surface area contributed by atoms with E-state index in [0.29, 0.717) is 41.9 Å². The van der Waals surface area contributed by atoms with Crippen LogP contribution in [0.25, 0.3) is 0 Å². The molecule has 2 N–H and O–H groups in total. The third-order valence-electron chi connectivity index (χ3n) is 9.35. The lowest BCUT2D eigenvalue weighted by Crippen LogP contribution is -2.57. The van der Waals surface area contributed by atoms with E-state index >= 15 is 0 Å². The van der Waals surface area contributed by atoms with Gasteiger partial charge in [-0.05, 0) is 95.6 Å². The fourth-order valence-electron chi connectivity index (χ4n) is 7.02. The van der Waals surface area contributed by atoms with Crippen LogP contribution in [0.4, 0.5) is 0 Å². The number of hydrogen-bond acceptors (Lipinski definition) is 5. The lowest BCUT2D eigenvalue weighted by atomic mass is 9.94. The van der Waals surface area contributed by atoms with Crippen molar-refractivity contribution < 1.29 is 9.59 Å². The first kappa shape index (κ1) is 32.2. The Balaban J connectivity index is 1.38. The summed E-state index contributed by atoms with van der Waals surface area (Å²) in [7, 11) is 0. The molecule has 3 aliphatic rings. The van der Waals surface area contributed by atoms with E-state index in [4.69, 9.17) is 11.6 Å². The zero-order valence-electron chi connectivity index (χ0n) is 25.9. The number of rotatable bonds is 11.